The summed E-state index contributed by atoms with van der Waals surface area (Å²) in [7, 11) is 0. The fourth-order valence-electron chi connectivity index (χ4n) is 2.02. The minimum absolute atomic E-state index is 0.0133. The first-order valence-corrected chi connectivity index (χ1v) is 8.01. The van der Waals surface area contributed by atoms with Gasteiger partial charge in [0.1, 0.15) is 12.4 Å². The lowest BCUT2D eigenvalue weighted by Gasteiger charge is -2.23. The van der Waals surface area contributed by atoms with Crippen molar-refractivity contribution in [2.24, 2.45) is 0 Å². The molecule has 0 spiro atoms. The van der Waals surface area contributed by atoms with Gasteiger partial charge in [0.25, 0.3) is 0 Å². The van der Waals surface area contributed by atoms with Crippen LogP contribution in [0.2, 0.25) is 10.0 Å². The first kappa shape index (κ1) is 18.1. The molecule has 124 valence electrons. The van der Waals surface area contributed by atoms with Crippen LogP contribution in [-0.2, 0) is 11.2 Å². The number of carbonyl (C=O) groups excluding carboxylic acids is 1. The molecule has 0 saturated carbocycles. The standard InChI is InChI=1S/C18H16Cl2N2O2/c1-18(11-21,12-24-15-8-6-14(19)7-9-15)22-17(23)10-13-4-2-3-5-16(13)20/h2-9H,10,12H2,1H3,(H,22,23). The molecule has 4 nitrogen and oxygen atoms in total. The molecule has 0 radical (unpaired) electrons. The molecule has 0 heterocycles. The van der Waals surface area contributed by atoms with Crippen LogP contribution in [0.4, 0.5) is 0 Å². The normalized spacial score (nSPS) is 12.8. The average molecular weight is 363 g/mol. The summed E-state index contributed by atoms with van der Waals surface area (Å²) < 4.78 is 5.57. The summed E-state index contributed by atoms with van der Waals surface area (Å²) in [5.41, 5.74) is -0.451. The van der Waals surface area contributed by atoms with Crippen LogP contribution in [0.1, 0.15) is 12.5 Å². The van der Waals surface area contributed by atoms with E-state index in [-0.39, 0.29) is 18.9 Å². The summed E-state index contributed by atoms with van der Waals surface area (Å²) in [5, 5.41) is 13.2. The molecule has 2 aromatic carbocycles. The Bertz CT molecular complexity index is 756. The zero-order valence-corrected chi connectivity index (χ0v) is 14.6. The molecule has 1 unspecified atom stereocenters. The molecular weight excluding hydrogens is 347 g/mol. The van der Waals surface area contributed by atoms with Crippen molar-refractivity contribution in [3.63, 3.8) is 0 Å². The zero-order chi connectivity index (χ0) is 17.6. The predicted octanol–water partition coefficient (Wildman–Crippen LogP) is 4.01. The van der Waals surface area contributed by atoms with Gasteiger partial charge in [-0.25, -0.2) is 0 Å². The lowest BCUT2D eigenvalue weighted by atomic mass is 10.0. The number of ether oxygens (including phenoxy) is 1. The number of hydrogen-bond acceptors (Lipinski definition) is 3. The van der Waals surface area contributed by atoms with Gasteiger partial charge in [-0.05, 0) is 42.8 Å². The highest BCUT2D eigenvalue weighted by atomic mass is 35.5. The molecular formula is C18H16Cl2N2O2. The van der Waals surface area contributed by atoms with Gasteiger partial charge in [-0.15, -0.1) is 0 Å². The Morgan fingerprint density at radius 3 is 2.50 bits per heavy atom. The maximum atomic E-state index is 12.2. The van der Waals surface area contributed by atoms with E-state index in [0.29, 0.717) is 21.4 Å². The van der Waals surface area contributed by atoms with Crippen LogP contribution in [0, 0.1) is 11.3 Å². The highest BCUT2D eigenvalue weighted by Gasteiger charge is 2.27. The number of nitrogens with zero attached hydrogens (tertiary/aromatic N) is 1. The maximum absolute atomic E-state index is 12.2. The van der Waals surface area contributed by atoms with Gasteiger partial charge in [-0.1, -0.05) is 41.4 Å². The number of carbonyl (C=O) groups is 1. The summed E-state index contributed by atoms with van der Waals surface area (Å²) in [4.78, 5) is 12.2. The Morgan fingerprint density at radius 1 is 1.21 bits per heavy atom. The quantitative estimate of drug-likeness (QED) is 0.844. The van der Waals surface area contributed by atoms with E-state index in [1.165, 1.54) is 0 Å². The highest BCUT2D eigenvalue weighted by Crippen LogP contribution is 2.18. The van der Waals surface area contributed by atoms with Gasteiger partial charge in [-0.2, -0.15) is 5.26 Å². The SMILES string of the molecule is CC(C#N)(COc1ccc(Cl)cc1)NC(=O)Cc1ccccc1Cl. The third-order valence-corrected chi connectivity index (χ3v) is 3.93. The minimum Gasteiger partial charge on any atom is -0.490 e. The lowest BCUT2D eigenvalue weighted by Crippen LogP contribution is -2.49. The Balaban J connectivity index is 1.96. The number of nitrogens with one attached hydrogen (secondary N) is 1. The fourth-order valence-corrected chi connectivity index (χ4v) is 2.35. The first-order chi connectivity index (χ1) is 11.4. The molecule has 1 N–H and O–H groups in total. The second kappa shape index (κ2) is 8.05. The molecule has 0 aliphatic rings. The Labute approximate surface area is 151 Å². The van der Waals surface area contributed by atoms with E-state index in [2.05, 4.69) is 11.4 Å². The van der Waals surface area contributed by atoms with Crippen molar-refractivity contribution in [1.29, 1.82) is 5.26 Å². The number of rotatable bonds is 6. The fraction of sp³-hybridized carbons (Fsp3) is 0.222. The lowest BCUT2D eigenvalue weighted by molar-refractivity contribution is -0.121. The largest absolute Gasteiger partial charge is 0.490 e. The van der Waals surface area contributed by atoms with Gasteiger partial charge < -0.3 is 10.1 Å². The predicted molar refractivity (Wildman–Crippen MR) is 94.3 cm³/mol. The molecule has 0 fully saturated rings. The molecule has 1 atom stereocenters. The van der Waals surface area contributed by atoms with Crippen LogP contribution in [0.25, 0.3) is 0 Å². The molecule has 0 aliphatic carbocycles. The minimum atomic E-state index is -1.15. The van der Waals surface area contributed by atoms with E-state index in [0.717, 1.165) is 0 Å². The number of amides is 1. The Kier molecular flexibility index (Phi) is 6.08. The van der Waals surface area contributed by atoms with Gasteiger partial charge in [0.15, 0.2) is 5.54 Å². The van der Waals surface area contributed by atoms with Crippen LogP contribution in [0.15, 0.2) is 48.5 Å². The van der Waals surface area contributed by atoms with Crippen molar-refractivity contribution in [2.75, 3.05) is 6.61 Å². The van der Waals surface area contributed by atoms with Crippen molar-refractivity contribution in [3.05, 3.63) is 64.1 Å². The molecule has 24 heavy (non-hydrogen) atoms. The van der Waals surface area contributed by atoms with Crippen LogP contribution in [-0.4, -0.2) is 18.1 Å². The average Bonchev–Trinajstić information content (AvgIpc) is 2.56. The monoisotopic (exact) mass is 362 g/mol. The second-order valence-corrected chi connectivity index (χ2v) is 6.35. The van der Waals surface area contributed by atoms with Crippen LogP contribution < -0.4 is 10.1 Å². The maximum Gasteiger partial charge on any atom is 0.225 e. The van der Waals surface area contributed by atoms with E-state index >= 15 is 0 Å². The van der Waals surface area contributed by atoms with E-state index in [1.54, 1.807) is 49.4 Å². The summed E-state index contributed by atoms with van der Waals surface area (Å²) in [6.07, 6.45) is 0.0951. The summed E-state index contributed by atoms with van der Waals surface area (Å²) >= 11 is 11.9. The molecule has 0 aromatic heterocycles. The van der Waals surface area contributed by atoms with Gasteiger partial charge in [-0.3, -0.25) is 4.79 Å². The van der Waals surface area contributed by atoms with Crippen molar-refractivity contribution in [1.82, 2.24) is 5.32 Å². The Hall–Kier alpha value is -2.22. The highest BCUT2D eigenvalue weighted by molar-refractivity contribution is 6.31. The summed E-state index contributed by atoms with van der Waals surface area (Å²) in [6, 6.07) is 16.0. The van der Waals surface area contributed by atoms with Gasteiger partial charge in [0.05, 0.1) is 12.5 Å². The molecule has 0 aliphatic heterocycles. The second-order valence-electron chi connectivity index (χ2n) is 5.50. The van der Waals surface area contributed by atoms with Crippen molar-refractivity contribution in [3.8, 4) is 11.8 Å². The van der Waals surface area contributed by atoms with Gasteiger partial charge >= 0.3 is 0 Å². The zero-order valence-electron chi connectivity index (χ0n) is 13.1. The molecule has 6 heteroatoms. The molecule has 1 amide bonds. The van der Waals surface area contributed by atoms with Crippen LogP contribution in [0.3, 0.4) is 0 Å². The van der Waals surface area contributed by atoms with Crippen LogP contribution in [0.5, 0.6) is 5.75 Å². The molecule has 0 bridgehead atoms. The number of hydrogen-bond donors (Lipinski definition) is 1. The summed E-state index contributed by atoms with van der Waals surface area (Å²) in [6.45, 7) is 1.62. The van der Waals surface area contributed by atoms with E-state index in [1.807, 2.05) is 6.07 Å². The van der Waals surface area contributed by atoms with Crippen molar-refractivity contribution >= 4 is 29.1 Å². The van der Waals surface area contributed by atoms with Gasteiger partial charge in [0.2, 0.25) is 5.91 Å². The molecule has 0 saturated heterocycles. The smallest absolute Gasteiger partial charge is 0.225 e. The number of nitriles is 1. The van der Waals surface area contributed by atoms with E-state index in [4.69, 9.17) is 27.9 Å². The van der Waals surface area contributed by atoms with Crippen LogP contribution >= 0.6 is 23.2 Å². The third kappa shape index (κ3) is 5.16. The number of halogens is 2. The topological polar surface area (TPSA) is 62.1 Å². The summed E-state index contributed by atoms with van der Waals surface area (Å²) in [5.74, 6) is 0.271. The molecule has 2 aromatic rings. The van der Waals surface area contributed by atoms with E-state index in [9.17, 15) is 10.1 Å². The molecule has 2 rings (SSSR count). The van der Waals surface area contributed by atoms with Gasteiger partial charge in [0, 0.05) is 10.0 Å². The van der Waals surface area contributed by atoms with Crippen molar-refractivity contribution in [2.45, 2.75) is 18.9 Å². The first-order valence-electron chi connectivity index (χ1n) is 7.26. The van der Waals surface area contributed by atoms with Crippen molar-refractivity contribution < 1.29 is 9.53 Å². The number of benzene rings is 2. The third-order valence-electron chi connectivity index (χ3n) is 3.31. The van der Waals surface area contributed by atoms with E-state index < -0.39 is 5.54 Å². The Morgan fingerprint density at radius 2 is 1.88 bits per heavy atom.